The van der Waals surface area contributed by atoms with Crippen LogP contribution >= 0.6 is 12.4 Å². The molecule has 0 aromatic heterocycles. The first kappa shape index (κ1) is 21.6. The van der Waals surface area contributed by atoms with Gasteiger partial charge in [0, 0.05) is 12.1 Å². The summed E-state index contributed by atoms with van der Waals surface area (Å²) >= 11 is 0. The molecule has 2 aromatic carbocycles. The van der Waals surface area contributed by atoms with E-state index in [0.717, 1.165) is 5.56 Å². The van der Waals surface area contributed by atoms with Gasteiger partial charge in [-0.05, 0) is 43.2 Å². The molecule has 1 unspecified atom stereocenters. The molecule has 0 saturated heterocycles. The van der Waals surface area contributed by atoms with E-state index in [-0.39, 0.29) is 30.3 Å². The van der Waals surface area contributed by atoms with E-state index in [4.69, 9.17) is 9.47 Å². The molecule has 0 fully saturated rings. The van der Waals surface area contributed by atoms with Crippen molar-refractivity contribution < 1.29 is 18.7 Å². The van der Waals surface area contributed by atoms with Crippen LogP contribution in [0.15, 0.2) is 42.5 Å². The Hall–Kier alpha value is -2.47. The van der Waals surface area contributed by atoms with Gasteiger partial charge >= 0.3 is 6.03 Å². The molecule has 0 aliphatic rings. The minimum Gasteiger partial charge on any atom is -0.497 e. The van der Waals surface area contributed by atoms with Gasteiger partial charge in [-0.3, -0.25) is 0 Å². The number of urea groups is 1. The lowest BCUT2D eigenvalue weighted by atomic mass is 10.1. The lowest BCUT2D eigenvalue weighted by molar-refractivity contribution is 0.237. The molecule has 2 amide bonds. The first-order valence-electron chi connectivity index (χ1n) is 8.05. The molecule has 142 valence electrons. The van der Waals surface area contributed by atoms with Crippen molar-refractivity contribution >= 4 is 18.4 Å². The van der Waals surface area contributed by atoms with Gasteiger partial charge in [-0.1, -0.05) is 18.2 Å². The molecule has 0 aliphatic carbocycles. The molecule has 0 bridgehead atoms. The maximum atomic E-state index is 13.5. The minimum absolute atomic E-state index is 0. The zero-order valence-electron chi connectivity index (χ0n) is 15.0. The van der Waals surface area contributed by atoms with E-state index in [1.54, 1.807) is 44.6 Å². The van der Waals surface area contributed by atoms with E-state index >= 15 is 0 Å². The number of carbonyl (C=O) groups excluding carboxylic acids is 1. The Morgan fingerprint density at radius 3 is 2.54 bits per heavy atom. The molecule has 0 spiro atoms. The first-order valence-corrected chi connectivity index (χ1v) is 8.05. The average molecular weight is 383 g/mol. The highest BCUT2D eigenvalue weighted by Gasteiger charge is 2.15. The van der Waals surface area contributed by atoms with E-state index in [2.05, 4.69) is 10.6 Å². The lowest BCUT2D eigenvalue weighted by Crippen LogP contribution is -2.38. The molecule has 2 rings (SSSR count). The maximum Gasteiger partial charge on any atom is 0.315 e. The minimum atomic E-state index is -0.325. The Morgan fingerprint density at radius 1 is 1.15 bits per heavy atom. The number of hydrogen-bond donors (Lipinski definition) is 2. The van der Waals surface area contributed by atoms with Crippen molar-refractivity contribution in [3.63, 3.8) is 0 Å². The van der Waals surface area contributed by atoms with Gasteiger partial charge in [-0.2, -0.15) is 0 Å². The van der Waals surface area contributed by atoms with Crippen LogP contribution in [0.2, 0.25) is 0 Å². The molecule has 2 N–H and O–H groups in total. The van der Waals surface area contributed by atoms with Gasteiger partial charge in [-0.25, -0.2) is 9.18 Å². The molecule has 2 aromatic rings. The lowest BCUT2D eigenvalue weighted by Gasteiger charge is -2.18. The SMILES string of the molecule is COc1ccc(OC)c(C(C)NC(=O)NCCc2ccccc2F)c1.Cl. The van der Waals surface area contributed by atoms with Crippen molar-refractivity contribution in [2.24, 2.45) is 0 Å². The summed E-state index contributed by atoms with van der Waals surface area (Å²) in [5, 5.41) is 5.58. The number of nitrogens with one attached hydrogen (secondary N) is 2. The fraction of sp³-hybridized carbons (Fsp3) is 0.316. The van der Waals surface area contributed by atoms with Crippen molar-refractivity contribution in [3.05, 3.63) is 59.4 Å². The van der Waals surface area contributed by atoms with Crippen LogP contribution in [0, 0.1) is 5.82 Å². The van der Waals surface area contributed by atoms with Crippen LogP contribution in [0.25, 0.3) is 0 Å². The zero-order valence-corrected chi connectivity index (χ0v) is 15.9. The Kier molecular flexibility index (Phi) is 8.72. The van der Waals surface area contributed by atoms with E-state index < -0.39 is 0 Å². The summed E-state index contributed by atoms with van der Waals surface area (Å²) in [6.07, 6.45) is 0.428. The molecule has 7 heteroatoms. The highest BCUT2D eigenvalue weighted by atomic mass is 35.5. The third-order valence-electron chi connectivity index (χ3n) is 3.89. The summed E-state index contributed by atoms with van der Waals surface area (Å²) < 4.78 is 24.1. The number of methoxy groups -OCH3 is 2. The maximum absolute atomic E-state index is 13.5. The number of rotatable bonds is 7. The summed E-state index contributed by atoms with van der Waals surface area (Å²) in [5.41, 5.74) is 1.39. The van der Waals surface area contributed by atoms with Crippen LogP contribution in [0.3, 0.4) is 0 Å². The number of halogens is 2. The van der Waals surface area contributed by atoms with Crippen molar-refractivity contribution in [2.45, 2.75) is 19.4 Å². The number of ether oxygens (including phenoxy) is 2. The number of hydrogen-bond acceptors (Lipinski definition) is 3. The van der Waals surface area contributed by atoms with Crippen LogP contribution in [0.1, 0.15) is 24.1 Å². The van der Waals surface area contributed by atoms with Gasteiger partial charge in [0.2, 0.25) is 0 Å². The third kappa shape index (κ3) is 5.81. The second-order valence-corrected chi connectivity index (χ2v) is 5.57. The van der Waals surface area contributed by atoms with Crippen molar-refractivity contribution in [3.8, 4) is 11.5 Å². The van der Waals surface area contributed by atoms with E-state index in [9.17, 15) is 9.18 Å². The summed E-state index contributed by atoms with van der Waals surface area (Å²) in [4.78, 5) is 12.1. The Bertz CT molecular complexity index is 728. The van der Waals surface area contributed by atoms with Gasteiger partial charge in [0.1, 0.15) is 17.3 Å². The molecule has 0 aliphatic heterocycles. The van der Waals surface area contributed by atoms with Crippen molar-refractivity contribution in [2.75, 3.05) is 20.8 Å². The summed E-state index contributed by atoms with van der Waals surface area (Å²) in [6.45, 7) is 2.20. The van der Waals surface area contributed by atoms with E-state index in [1.807, 2.05) is 13.0 Å². The van der Waals surface area contributed by atoms with Crippen molar-refractivity contribution in [1.29, 1.82) is 0 Å². The summed E-state index contributed by atoms with van der Waals surface area (Å²) in [7, 11) is 3.16. The zero-order chi connectivity index (χ0) is 18.2. The smallest absolute Gasteiger partial charge is 0.315 e. The number of benzene rings is 2. The van der Waals surface area contributed by atoms with Crippen LogP contribution in [0.5, 0.6) is 11.5 Å². The topological polar surface area (TPSA) is 59.6 Å². The van der Waals surface area contributed by atoms with Crippen molar-refractivity contribution in [1.82, 2.24) is 10.6 Å². The van der Waals surface area contributed by atoms with Crippen LogP contribution < -0.4 is 20.1 Å². The highest BCUT2D eigenvalue weighted by Crippen LogP contribution is 2.29. The fourth-order valence-corrected chi connectivity index (χ4v) is 2.52. The fourth-order valence-electron chi connectivity index (χ4n) is 2.52. The van der Waals surface area contributed by atoms with Gasteiger partial charge in [-0.15, -0.1) is 12.4 Å². The number of amides is 2. The molecular weight excluding hydrogens is 359 g/mol. The highest BCUT2D eigenvalue weighted by molar-refractivity contribution is 5.85. The van der Waals surface area contributed by atoms with Crippen LogP contribution in [0.4, 0.5) is 9.18 Å². The average Bonchev–Trinajstić information content (AvgIpc) is 2.62. The second-order valence-electron chi connectivity index (χ2n) is 5.57. The largest absolute Gasteiger partial charge is 0.497 e. The van der Waals surface area contributed by atoms with Gasteiger partial charge in [0.15, 0.2) is 0 Å². The predicted octanol–water partition coefficient (Wildman–Crippen LogP) is 3.87. The van der Waals surface area contributed by atoms with Gasteiger partial charge in [0.25, 0.3) is 0 Å². The first-order chi connectivity index (χ1) is 12.0. The second kappa shape index (κ2) is 10.5. The predicted molar refractivity (Wildman–Crippen MR) is 102 cm³/mol. The van der Waals surface area contributed by atoms with Gasteiger partial charge in [0.05, 0.1) is 20.3 Å². The summed E-state index contributed by atoms with van der Waals surface area (Å²) in [6, 6.07) is 11.3. The van der Waals surface area contributed by atoms with Gasteiger partial charge < -0.3 is 20.1 Å². The molecule has 1 atom stereocenters. The Morgan fingerprint density at radius 2 is 1.88 bits per heavy atom. The summed E-state index contributed by atoms with van der Waals surface area (Å²) in [5.74, 6) is 1.09. The molecule has 0 saturated carbocycles. The standard InChI is InChI=1S/C19H23FN2O3.ClH/c1-13(16-12-15(24-2)8-9-18(16)25-3)22-19(23)21-11-10-14-6-4-5-7-17(14)20;/h4-9,12-13H,10-11H2,1-3H3,(H2,21,22,23);1H. The number of carbonyl (C=O) groups is 1. The monoisotopic (exact) mass is 382 g/mol. The van der Waals surface area contributed by atoms with Crippen LogP contribution in [-0.2, 0) is 6.42 Å². The Balaban J connectivity index is 0.00000338. The van der Waals surface area contributed by atoms with E-state index in [1.165, 1.54) is 6.07 Å². The quantitative estimate of drug-likeness (QED) is 0.764. The Labute approximate surface area is 159 Å². The van der Waals surface area contributed by atoms with E-state index in [0.29, 0.717) is 30.0 Å². The van der Waals surface area contributed by atoms with Crippen LogP contribution in [-0.4, -0.2) is 26.8 Å². The normalized spacial score (nSPS) is 11.1. The molecule has 26 heavy (non-hydrogen) atoms. The molecule has 0 heterocycles. The third-order valence-corrected chi connectivity index (χ3v) is 3.89. The molecular formula is C19H24ClFN2O3. The molecule has 5 nitrogen and oxygen atoms in total. The molecule has 0 radical (unpaired) electrons.